The van der Waals surface area contributed by atoms with Crippen molar-refractivity contribution in [3.63, 3.8) is 0 Å². The molecule has 2 aliphatic rings. The molecular weight excluding hydrogens is 374 g/mol. The van der Waals surface area contributed by atoms with Gasteiger partial charge in [-0.2, -0.15) is 5.26 Å². The number of allylic oxidation sites excluding steroid dienone is 1. The second-order valence-corrected chi connectivity index (χ2v) is 8.87. The molecule has 1 fully saturated rings. The predicted octanol–water partition coefficient (Wildman–Crippen LogP) is 3.19. The van der Waals surface area contributed by atoms with E-state index in [1.807, 2.05) is 38.1 Å². The van der Waals surface area contributed by atoms with Gasteiger partial charge in [-0.3, -0.25) is 9.59 Å². The Morgan fingerprint density at radius 2 is 2.00 bits per heavy atom. The van der Waals surface area contributed by atoms with Gasteiger partial charge in [-0.25, -0.2) is 4.99 Å². The van der Waals surface area contributed by atoms with E-state index < -0.39 is 17.7 Å². The number of thioether (sulfide) groups is 1. The topological polar surface area (TPSA) is 106 Å². The number of methoxy groups -OCH3 is 1. The molecule has 0 spiro atoms. The van der Waals surface area contributed by atoms with Crippen molar-refractivity contribution in [3.05, 3.63) is 40.4 Å². The Bertz CT molecular complexity index is 910. The van der Waals surface area contributed by atoms with Gasteiger partial charge in [0, 0.05) is 18.1 Å². The molecule has 0 radical (unpaired) electrons. The van der Waals surface area contributed by atoms with E-state index in [2.05, 4.69) is 11.1 Å². The molecule has 2 atom stereocenters. The first-order valence-corrected chi connectivity index (χ1v) is 10.0. The number of hydrogen-bond donors (Lipinski definition) is 1. The number of ketones is 1. The molecule has 1 aromatic carbocycles. The zero-order valence-corrected chi connectivity index (χ0v) is 17.0. The van der Waals surface area contributed by atoms with Crippen molar-refractivity contribution in [1.29, 1.82) is 5.26 Å². The lowest BCUT2D eigenvalue weighted by molar-refractivity contribution is -0.124. The van der Waals surface area contributed by atoms with Gasteiger partial charge in [-0.1, -0.05) is 37.7 Å². The summed E-state index contributed by atoms with van der Waals surface area (Å²) >= 11 is 1.16. The maximum atomic E-state index is 13.1. The summed E-state index contributed by atoms with van der Waals surface area (Å²) in [5, 5.41) is 10.4. The van der Waals surface area contributed by atoms with Gasteiger partial charge in [0.05, 0.1) is 30.4 Å². The number of benzene rings is 1. The van der Waals surface area contributed by atoms with Crippen molar-refractivity contribution < 1.29 is 14.3 Å². The third-order valence-electron chi connectivity index (χ3n) is 5.08. The Morgan fingerprint density at radius 3 is 2.57 bits per heavy atom. The molecule has 1 aliphatic carbocycles. The zero-order chi connectivity index (χ0) is 20.5. The Kier molecular flexibility index (Phi) is 5.61. The first-order valence-electron chi connectivity index (χ1n) is 9.05. The number of Topliss-reactive ketones (excluding diaryl/α,β-unsaturated/α-hetero) is 1. The number of amides is 1. The number of carbonyl (C=O) groups excluding carboxylic acids is 2. The number of ether oxygens (including phenoxy) is 1. The Labute approximate surface area is 168 Å². The summed E-state index contributed by atoms with van der Waals surface area (Å²) in [4.78, 5) is 29.0. The van der Waals surface area contributed by atoms with Crippen molar-refractivity contribution in [2.75, 3.05) is 12.9 Å². The fourth-order valence-corrected chi connectivity index (χ4v) is 4.73. The largest absolute Gasteiger partial charge is 0.497 e. The van der Waals surface area contributed by atoms with Crippen LogP contribution < -0.4 is 10.5 Å². The van der Waals surface area contributed by atoms with Crippen LogP contribution in [0.25, 0.3) is 0 Å². The summed E-state index contributed by atoms with van der Waals surface area (Å²) in [5.41, 5.74) is 7.17. The van der Waals surface area contributed by atoms with Crippen LogP contribution in [0.3, 0.4) is 0 Å². The zero-order valence-electron chi connectivity index (χ0n) is 16.2. The molecule has 28 heavy (non-hydrogen) atoms. The molecule has 1 aliphatic heterocycles. The number of fused-ring (bicyclic) bond motifs is 1. The van der Waals surface area contributed by atoms with Gasteiger partial charge >= 0.3 is 0 Å². The summed E-state index contributed by atoms with van der Waals surface area (Å²) in [5.74, 6) is -0.498. The van der Waals surface area contributed by atoms with Crippen LogP contribution in [0.2, 0.25) is 0 Å². The minimum atomic E-state index is -0.474. The summed E-state index contributed by atoms with van der Waals surface area (Å²) in [6, 6.07) is 9.65. The minimum absolute atomic E-state index is 0.0363. The van der Waals surface area contributed by atoms with Crippen LogP contribution in [-0.2, 0) is 9.59 Å². The van der Waals surface area contributed by atoms with Crippen LogP contribution in [0.5, 0.6) is 5.75 Å². The number of nitrogens with two attached hydrogens (primary N) is 1. The summed E-state index contributed by atoms with van der Waals surface area (Å²) in [6.45, 7) is 4.09. The number of hydrogen-bond acceptors (Lipinski definition) is 6. The number of aliphatic imine (C=N–C) groups is 1. The number of nitriles is 1. The quantitative estimate of drug-likeness (QED) is 0.821. The molecule has 0 saturated heterocycles. The molecule has 7 heteroatoms. The third-order valence-corrected chi connectivity index (χ3v) is 6.10. The van der Waals surface area contributed by atoms with Crippen LogP contribution >= 0.6 is 11.8 Å². The van der Waals surface area contributed by atoms with Crippen LogP contribution in [0.1, 0.15) is 38.2 Å². The first kappa shape index (κ1) is 20.2. The molecule has 146 valence electrons. The first-order chi connectivity index (χ1) is 13.3. The molecule has 1 heterocycles. The second kappa shape index (κ2) is 7.80. The smallest absolute Gasteiger partial charge is 0.227 e. The maximum Gasteiger partial charge on any atom is 0.227 e. The van der Waals surface area contributed by atoms with E-state index in [0.29, 0.717) is 29.2 Å². The lowest BCUT2D eigenvalue weighted by Gasteiger charge is -2.40. The van der Waals surface area contributed by atoms with Gasteiger partial charge in [-0.15, -0.1) is 0 Å². The second-order valence-electron chi connectivity index (χ2n) is 7.90. The number of rotatable bonds is 5. The number of nitrogens with zero attached hydrogens (tertiary/aromatic N) is 2. The molecule has 0 aromatic heterocycles. The highest BCUT2D eigenvalue weighted by Gasteiger charge is 2.46. The fraction of sp³-hybridized carbons (Fsp3) is 0.429. The monoisotopic (exact) mass is 397 g/mol. The van der Waals surface area contributed by atoms with Gasteiger partial charge in [0.25, 0.3) is 0 Å². The van der Waals surface area contributed by atoms with Crippen LogP contribution in [-0.4, -0.2) is 30.3 Å². The SMILES string of the molecule is COc1ccc([C@H]2C(C#N)=C(SCC(N)=O)N=C3CC(C)(C)CC(=O)C32)cc1. The molecule has 1 amide bonds. The lowest BCUT2D eigenvalue weighted by Crippen LogP contribution is -2.42. The average Bonchev–Trinajstić information content (AvgIpc) is 2.64. The molecule has 3 rings (SSSR count). The normalized spacial score (nSPS) is 23.5. The molecule has 1 saturated carbocycles. The van der Waals surface area contributed by atoms with Crippen molar-refractivity contribution >= 4 is 29.2 Å². The Hall–Kier alpha value is -2.59. The van der Waals surface area contributed by atoms with E-state index in [9.17, 15) is 14.9 Å². The van der Waals surface area contributed by atoms with E-state index in [-0.39, 0.29) is 17.0 Å². The highest BCUT2D eigenvalue weighted by molar-refractivity contribution is 8.03. The summed E-state index contributed by atoms with van der Waals surface area (Å²) < 4.78 is 5.23. The van der Waals surface area contributed by atoms with Crippen molar-refractivity contribution in [3.8, 4) is 11.8 Å². The molecule has 1 aromatic rings. The van der Waals surface area contributed by atoms with Crippen LogP contribution in [0.4, 0.5) is 0 Å². The van der Waals surface area contributed by atoms with E-state index in [0.717, 1.165) is 23.0 Å². The van der Waals surface area contributed by atoms with Gasteiger partial charge in [0.15, 0.2) is 0 Å². The molecular formula is C21H23N3O3S. The standard InChI is InChI=1S/C21H23N3O3S/c1-21(2)8-15-19(16(25)9-21)18(12-4-6-13(27-3)7-5-12)14(10-22)20(24-15)28-11-17(23)26/h4-7,18-19H,8-9,11H2,1-3H3,(H2,23,26)/t18-,19?/m0/s1. The van der Waals surface area contributed by atoms with E-state index in [1.54, 1.807) is 7.11 Å². The van der Waals surface area contributed by atoms with Crippen molar-refractivity contribution in [2.45, 2.75) is 32.6 Å². The fourth-order valence-electron chi connectivity index (χ4n) is 3.95. The maximum absolute atomic E-state index is 13.1. The van der Waals surface area contributed by atoms with Crippen molar-refractivity contribution in [2.24, 2.45) is 22.1 Å². The average molecular weight is 398 g/mol. The summed E-state index contributed by atoms with van der Waals surface area (Å²) in [7, 11) is 1.59. The lowest BCUT2D eigenvalue weighted by atomic mass is 9.64. The number of primary amides is 1. The van der Waals surface area contributed by atoms with Gasteiger partial charge in [0.1, 0.15) is 16.6 Å². The Balaban J connectivity index is 2.12. The van der Waals surface area contributed by atoms with Gasteiger partial charge in [0.2, 0.25) is 5.91 Å². The van der Waals surface area contributed by atoms with Crippen molar-refractivity contribution in [1.82, 2.24) is 0 Å². The van der Waals surface area contributed by atoms with E-state index in [1.165, 1.54) is 0 Å². The van der Waals surface area contributed by atoms with Gasteiger partial charge in [-0.05, 0) is 29.5 Å². The Morgan fingerprint density at radius 1 is 1.32 bits per heavy atom. The minimum Gasteiger partial charge on any atom is -0.497 e. The molecule has 2 N–H and O–H groups in total. The number of carbonyl (C=O) groups is 2. The highest BCUT2D eigenvalue weighted by Crippen LogP contribution is 2.48. The van der Waals surface area contributed by atoms with Crippen LogP contribution in [0.15, 0.2) is 39.9 Å². The summed E-state index contributed by atoms with van der Waals surface area (Å²) in [6.07, 6.45) is 1.13. The third kappa shape index (κ3) is 3.97. The highest BCUT2D eigenvalue weighted by atomic mass is 32.2. The molecule has 6 nitrogen and oxygen atoms in total. The van der Waals surface area contributed by atoms with E-state index >= 15 is 0 Å². The van der Waals surface area contributed by atoms with Gasteiger partial charge < -0.3 is 10.5 Å². The molecule has 1 unspecified atom stereocenters. The van der Waals surface area contributed by atoms with Crippen LogP contribution in [0, 0.1) is 22.7 Å². The predicted molar refractivity (Wildman–Crippen MR) is 109 cm³/mol. The van der Waals surface area contributed by atoms with E-state index in [4.69, 9.17) is 10.5 Å². The molecule has 0 bridgehead atoms.